The van der Waals surface area contributed by atoms with Crippen LogP contribution >= 0.6 is 0 Å². The Morgan fingerprint density at radius 2 is 2.12 bits per heavy atom. The van der Waals surface area contributed by atoms with E-state index in [0.717, 1.165) is 18.6 Å². The van der Waals surface area contributed by atoms with Crippen LogP contribution in [0.25, 0.3) is 0 Å². The lowest BCUT2D eigenvalue weighted by atomic mass is 10.1. The van der Waals surface area contributed by atoms with Gasteiger partial charge in [-0.25, -0.2) is 13.6 Å². The summed E-state index contributed by atoms with van der Waals surface area (Å²) in [7, 11) is 0. The highest BCUT2D eigenvalue weighted by Gasteiger charge is 2.22. The van der Waals surface area contributed by atoms with Crippen LogP contribution in [0.2, 0.25) is 0 Å². The number of hydrogen-bond donors (Lipinski definition) is 1. The van der Waals surface area contributed by atoms with Gasteiger partial charge in [-0.3, -0.25) is 0 Å². The first-order valence-corrected chi connectivity index (χ1v) is 5.41. The van der Waals surface area contributed by atoms with Crippen molar-refractivity contribution in [1.29, 1.82) is 0 Å². The molecule has 17 heavy (non-hydrogen) atoms. The number of ether oxygens (including phenoxy) is 1. The molecular weight excluding hydrogens is 228 g/mol. The van der Waals surface area contributed by atoms with E-state index in [9.17, 15) is 13.6 Å². The fourth-order valence-corrected chi connectivity index (χ4v) is 1.46. The molecule has 0 amide bonds. The lowest BCUT2D eigenvalue weighted by Gasteiger charge is -2.13. The van der Waals surface area contributed by atoms with Gasteiger partial charge >= 0.3 is 5.97 Å². The molecule has 3 nitrogen and oxygen atoms in total. The second-order valence-electron chi connectivity index (χ2n) is 3.83. The number of anilines is 1. The average Bonchev–Trinajstić information content (AvgIpc) is 2.24. The van der Waals surface area contributed by atoms with Gasteiger partial charge in [0.2, 0.25) is 0 Å². The first kappa shape index (κ1) is 13.4. The summed E-state index contributed by atoms with van der Waals surface area (Å²) in [6.45, 7) is 3.59. The van der Waals surface area contributed by atoms with E-state index in [1.807, 2.05) is 6.92 Å². The highest BCUT2D eigenvalue weighted by atomic mass is 19.1. The standard InChI is InChI=1S/C12H15F2NO2/c1-3-4-7(2)17-12(16)10-8(13)5-6-9(15)11(10)14/h5-7H,3-4,15H2,1-2H3. The first-order chi connectivity index (χ1) is 7.97. The second kappa shape index (κ2) is 5.61. The molecule has 0 aliphatic carbocycles. The third kappa shape index (κ3) is 3.15. The van der Waals surface area contributed by atoms with Crippen LogP contribution in [0.3, 0.4) is 0 Å². The molecule has 0 spiro atoms. The van der Waals surface area contributed by atoms with Gasteiger partial charge in [-0.05, 0) is 25.5 Å². The minimum atomic E-state index is -1.07. The summed E-state index contributed by atoms with van der Waals surface area (Å²) in [5.74, 6) is -3.06. The van der Waals surface area contributed by atoms with Crippen molar-refractivity contribution in [3.05, 3.63) is 29.3 Å². The van der Waals surface area contributed by atoms with Crippen LogP contribution in [0, 0.1) is 11.6 Å². The van der Waals surface area contributed by atoms with Crippen LogP contribution in [-0.2, 0) is 4.74 Å². The third-order valence-corrected chi connectivity index (χ3v) is 2.33. The molecule has 0 radical (unpaired) electrons. The van der Waals surface area contributed by atoms with E-state index in [0.29, 0.717) is 6.42 Å². The van der Waals surface area contributed by atoms with Crippen molar-refractivity contribution in [1.82, 2.24) is 0 Å². The van der Waals surface area contributed by atoms with Crippen LogP contribution in [0.4, 0.5) is 14.5 Å². The molecule has 0 bridgehead atoms. The maximum Gasteiger partial charge on any atom is 0.344 e. The molecule has 0 aliphatic rings. The maximum atomic E-state index is 13.5. The van der Waals surface area contributed by atoms with Gasteiger partial charge in [0.05, 0.1) is 11.8 Å². The normalized spacial score (nSPS) is 12.2. The molecule has 0 saturated heterocycles. The Labute approximate surface area is 98.6 Å². The van der Waals surface area contributed by atoms with Crippen molar-refractivity contribution in [2.45, 2.75) is 32.8 Å². The van der Waals surface area contributed by atoms with Crippen LogP contribution < -0.4 is 5.73 Å². The molecule has 0 fully saturated rings. The number of carbonyl (C=O) groups is 1. The van der Waals surface area contributed by atoms with E-state index in [1.54, 1.807) is 6.92 Å². The average molecular weight is 243 g/mol. The van der Waals surface area contributed by atoms with Gasteiger partial charge in [0, 0.05) is 0 Å². The molecule has 1 unspecified atom stereocenters. The molecule has 1 aromatic carbocycles. The summed E-state index contributed by atoms with van der Waals surface area (Å²) in [5, 5.41) is 0. The molecule has 0 aliphatic heterocycles. The van der Waals surface area contributed by atoms with E-state index in [4.69, 9.17) is 10.5 Å². The van der Waals surface area contributed by atoms with Gasteiger partial charge in [-0.1, -0.05) is 13.3 Å². The molecule has 0 saturated carbocycles. The summed E-state index contributed by atoms with van der Waals surface area (Å²) < 4.78 is 31.7. The summed E-state index contributed by atoms with van der Waals surface area (Å²) >= 11 is 0. The molecule has 1 atom stereocenters. The topological polar surface area (TPSA) is 52.3 Å². The Bertz CT molecular complexity index is 421. The molecule has 2 N–H and O–H groups in total. The van der Waals surface area contributed by atoms with Crippen molar-refractivity contribution < 1.29 is 18.3 Å². The molecule has 94 valence electrons. The fourth-order valence-electron chi connectivity index (χ4n) is 1.46. The Morgan fingerprint density at radius 1 is 1.47 bits per heavy atom. The number of benzene rings is 1. The van der Waals surface area contributed by atoms with Crippen LogP contribution in [0.5, 0.6) is 0 Å². The summed E-state index contributed by atoms with van der Waals surface area (Å²) in [6, 6.07) is 2.01. The van der Waals surface area contributed by atoms with Gasteiger partial charge in [0.1, 0.15) is 11.4 Å². The van der Waals surface area contributed by atoms with Crippen molar-refractivity contribution in [3.8, 4) is 0 Å². The monoisotopic (exact) mass is 243 g/mol. The van der Waals surface area contributed by atoms with Crippen LogP contribution in [-0.4, -0.2) is 12.1 Å². The zero-order valence-electron chi connectivity index (χ0n) is 9.80. The lowest BCUT2D eigenvalue weighted by Crippen LogP contribution is -2.18. The Hall–Kier alpha value is -1.65. The molecule has 0 heterocycles. The van der Waals surface area contributed by atoms with Gasteiger partial charge in [0.25, 0.3) is 0 Å². The van der Waals surface area contributed by atoms with Crippen molar-refractivity contribution >= 4 is 11.7 Å². The van der Waals surface area contributed by atoms with Crippen molar-refractivity contribution in [2.75, 3.05) is 5.73 Å². The second-order valence-corrected chi connectivity index (χ2v) is 3.83. The van der Waals surface area contributed by atoms with Crippen molar-refractivity contribution in [2.24, 2.45) is 0 Å². The number of nitrogen functional groups attached to an aromatic ring is 1. The molecular formula is C12H15F2NO2. The van der Waals surface area contributed by atoms with Crippen LogP contribution in [0.1, 0.15) is 37.0 Å². The highest BCUT2D eigenvalue weighted by molar-refractivity contribution is 5.91. The molecule has 1 rings (SSSR count). The minimum Gasteiger partial charge on any atom is -0.459 e. The van der Waals surface area contributed by atoms with E-state index >= 15 is 0 Å². The quantitative estimate of drug-likeness (QED) is 0.653. The SMILES string of the molecule is CCCC(C)OC(=O)c1c(F)ccc(N)c1F. The number of halogens is 2. The number of carbonyl (C=O) groups excluding carboxylic acids is 1. The van der Waals surface area contributed by atoms with E-state index in [-0.39, 0.29) is 11.8 Å². The zero-order chi connectivity index (χ0) is 13.0. The third-order valence-electron chi connectivity index (χ3n) is 2.33. The number of nitrogens with two attached hydrogens (primary N) is 1. The minimum absolute atomic E-state index is 0.276. The first-order valence-electron chi connectivity index (χ1n) is 5.41. The number of rotatable bonds is 4. The van der Waals surface area contributed by atoms with Crippen LogP contribution in [0.15, 0.2) is 12.1 Å². The highest BCUT2D eigenvalue weighted by Crippen LogP contribution is 2.20. The summed E-state index contributed by atoms with van der Waals surface area (Å²) in [4.78, 5) is 11.6. The molecule has 1 aromatic rings. The summed E-state index contributed by atoms with van der Waals surface area (Å²) in [6.07, 6.45) is 1.07. The lowest BCUT2D eigenvalue weighted by molar-refractivity contribution is 0.0313. The Kier molecular flexibility index (Phi) is 4.43. The van der Waals surface area contributed by atoms with Gasteiger partial charge < -0.3 is 10.5 Å². The molecule has 0 aromatic heterocycles. The van der Waals surface area contributed by atoms with Gasteiger partial charge in [-0.2, -0.15) is 0 Å². The van der Waals surface area contributed by atoms with Gasteiger partial charge in [-0.15, -0.1) is 0 Å². The Morgan fingerprint density at radius 3 is 2.71 bits per heavy atom. The Balaban J connectivity index is 2.93. The predicted octanol–water partition coefficient (Wildman–Crippen LogP) is 2.89. The predicted molar refractivity (Wildman–Crippen MR) is 60.6 cm³/mol. The van der Waals surface area contributed by atoms with Crippen molar-refractivity contribution in [3.63, 3.8) is 0 Å². The zero-order valence-corrected chi connectivity index (χ0v) is 9.80. The summed E-state index contributed by atoms with van der Waals surface area (Å²) in [5.41, 5.74) is 4.26. The van der Waals surface area contributed by atoms with Gasteiger partial charge in [0.15, 0.2) is 5.82 Å². The smallest absolute Gasteiger partial charge is 0.344 e. The number of esters is 1. The fraction of sp³-hybridized carbons (Fsp3) is 0.417. The van der Waals surface area contributed by atoms with E-state index < -0.39 is 23.2 Å². The van der Waals surface area contributed by atoms with E-state index in [1.165, 1.54) is 0 Å². The number of hydrogen-bond acceptors (Lipinski definition) is 3. The van der Waals surface area contributed by atoms with E-state index in [2.05, 4.69) is 0 Å². The maximum absolute atomic E-state index is 13.5. The largest absolute Gasteiger partial charge is 0.459 e. The molecule has 5 heteroatoms.